The molecular weight excluding hydrogens is 667 g/mol. The van der Waals surface area contributed by atoms with Crippen molar-refractivity contribution in [1.29, 1.82) is 0 Å². The average Bonchev–Trinajstić information content (AvgIpc) is 3.08. The maximum Gasteiger partial charge on any atom is 0.417 e. The fourth-order valence-corrected chi connectivity index (χ4v) is 6.67. The predicted molar refractivity (Wildman–Crippen MR) is 178 cm³/mol. The molecule has 0 aliphatic heterocycles. The van der Waals surface area contributed by atoms with Crippen LogP contribution in [-0.4, -0.2) is 51.4 Å². The van der Waals surface area contributed by atoms with Crippen molar-refractivity contribution in [2.75, 3.05) is 24.5 Å². The van der Waals surface area contributed by atoms with E-state index in [9.17, 15) is 31.2 Å². The van der Waals surface area contributed by atoms with Gasteiger partial charge in [0.05, 0.1) is 28.3 Å². The lowest BCUT2D eigenvalue weighted by molar-refractivity contribution is -0.140. The summed E-state index contributed by atoms with van der Waals surface area (Å²) >= 11 is 5.87. The number of alkyl halides is 3. The Morgan fingerprint density at radius 3 is 2.17 bits per heavy atom. The lowest BCUT2D eigenvalue weighted by Gasteiger charge is -2.34. The minimum absolute atomic E-state index is 0.0801. The number of anilines is 1. The van der Waals surface area contributed by atoms with E-state index in [4.69, 9.17) is 16.3 Å². The van der Waals surface area contributed by atoms with E-state index < -0.39 is 56.9 Å². The summed E-state index contributed by atoms with van der Waals surface area (Å²) in [5, 5.41) is 2.20. The summed E-state index contributed by atoms with van der Waals surface area (Å²) < 4.78 is 75.9. The van der Waals surface area contributed by atoms with E-state index in [1.54, 1.807) is 54.6 Å². The molecule has 1 N–H and O–H groups in total. The first-order valence-electron chi connectivity index (χ1n) is 15.0. The van der Waals surface area contributed by atoms with Gasteiger partial charge in [-0.2, -0.15) is 13.2 Å². The van der Waals surface area contributed by atoms with Crippen molar-refractivity contribution in [3.63, 3.8) is 0 Å². The lowest BCUT2D eigenvalue weighted by Crippen LogP contribution is -2.53. The molecule has 0 bridgehead atoms. The number of carbonyl (C=O) groups excluding carboxylic acids is 2. The second-order valence-corrected chi connectivity index (χ2v) is 13.1. The van der Waals surface area contributed by atoms with Crippen molar-refractivity contribution in [2.24, 2.45) is 0 Å². The quantitative estimate of drug-likeness (QED) is 0.157. The molecule has 0 saturated heterocycles. The number of methoxy groups -OCH3 is 1. The van der Waals surface area contributed by atoms with Crippen LogP contribution >= 0.6 is 11.6 Å². The Bertz CT molecular complexity index is 1810. The molecule has 8 nitrogen and oxygen atoms in total. The smallest absolute Gasteiger partial charge is 0.417 e. The topological polar surface area (TPSA) is 96.0 Å². The minimum Gasteiger partial charge on any atom is -0.497 e. The summed E-state index contributed by atoms with van der Waals surface area (Å²) in [6.07, 6.45) is -4.21. The largest absolute Gasteiger partial charge is 0.497 e. The van der Waals surface area contributed by atoms with Gasteiger partial charge >= 0.3 is 6.18 Å². The number of halogens is 4. The van der Waals surface area contributed by atoms with E-state index in [0.717, 1.165) is 17.7 Å². The molecule has 0 unspecified atom stereocenters. The Morgan fingerprint density at radius 2 is 1.54 bits per heavy atom. The van der Waals surface area contributed by atoms with Crippen molar-refractivity contribution < 1.29 is 35.9 Å². The zero-order valence-corrected chi connectivity index (χ0v) is 27.9. The summed E-state index contributed by atoms with van der Waals surface area (Å²) in [5.41, 5.74) is -0.386. The molecule has 0 aliphatic rings. The van der Waals surface area contributed by atoms with Crippen LogP contribution in [0.2, 0.25) is 5.02 Å². The zero-order chi connectivity index (χ0) is 34.9. The van der Waals surface area contributed by atoms with Gasteiger partial charge in [-0.25, -0.2) is 8.42 Å². The van der Waals surface area contributed by atoms with Crippen LogP contribution in [0.4, 0.5) is 18.9 Å². The van der Waals surface area contributed by atoms with Crippen molar-refractivity contribution in [3.8, 4) is 5.75 Å². The standard InChI is InChI=1S/C35H35ClF3N3O5S/c1-3-19-40-34(44)32(21-25-11-6-4-7-12-25)41(23-26-13-10-14-28(20-26)47-2)33(43)24-42(48(45,46)29-15-8-5-9-16-29)27-17-18-31(36)30(22-27)35(37,38)39/h4-18,20,22,32H,3,19,21,23-24H2,1-2H3,(H,40,44)/t32-/m1/s1. The molecule has 1 atom stereocenters. The number of rotatable bonds is 14. The second kappa shape index (κ2) is 16.0. The van der Waals surface area contributed by atoms with Crippen LogP contribution in [0.5, 0.6) is 5.75 Å². The molecule has 0 radical (unpaired) electrons. The molecule has 0 spiro atoms. The molecule has 2 amide bonds. The van der Waals surface area contributed by atoms with Crippen LogP contribution in [0.1, 0.15) is 30.0 Å². The minimum atomic E-state index is -4.91. The van der Waals surface area contributed by atoms with Gasteiger partial charge in [-0.1, -0.05) is 79.2 Å². The molecule has 13 heteroatoms. The molecule has 0 heterocycles. The highest BCUT2D eigenvalue weighted by atomic mass is 35.5. The average molecular weight is 702 g/mol. The van der Waals surface area contributed by atoms with Gasteiger partial charge in [0.1, 0.15) is 18.3 Å². The predicted octanol–water partition coefficient (Wildman–Crippen LogP) is 6.73. The third-order valence-corrected chi connectivity index (χ3v) is 9.58. The Morgan fingerprint density at radius 1 is 0.896 bits per heavy atom. The number of nitrogens with zero attached hydrogens (tertiary/aromatic N) is 2. The van der Waals surface area contributed by atoms with E-state index in [1.807, 2.05) is 13.0 Å². The number of carbonyl (C=O) groups is 2. The van der Waals surface area contributed by atoms with Gasteiger partial charge in [0.15, 0.2) is 0 Å². The number of nitrogens with one attached hydrogen (secondary N) is 1. The summed E-state index contributed by atoms with van der Waals surface area (Å²) in [6.45, 7) is 1.14. The summed E-state index contributed by atoms with van der Waals surface area (Å²) in [7, 11) is -3.13. The van der Waals surface area contributed by atoms with Crippen LogP contribution in [0.3, 0.4) is 0 Å². The summed E-state index contributed by atoms with van der Waals surface area (Å²) in [6, 6.07) is 24.4. The Kier molecular flexibility index (Phi) is 12.1. The highest BCUT2D eigenvalue weighted by molar-refractivity contribution is 7.92. The SMILES string of the molecule is CCCNC(=O)[C@@H](Cc1ccccc1)N(Cc1cccc(OC)c1)C(=O)CN(c1ccc(Cl)c(C(F)(F)F)c1)S(=O)(=O)c1ccccc1. The number of sulfonamides is 1. The maximum absolute atomic E-state index is 14.5. The molecule has 4 aromatic rings. The number of hydrogen-bond donors (Lipinski definition) is 1. The van der Waals surface area contributed by atoms with Crippen molar-refractivity contribution in [2.45, 2.75) is 43.4 Å². The van der Waals surface area contributed by atoms with Gasteiger partial charge < -0.3 is 15.0 Å². The molecule has 48 heavy (non-hydrogen) atoms. The van der Waals surface area contributed by atoms with Gasteiger partial charge in [0.25, 0.3) is 10.0 Å². The lowest BCUT2D eigenvalue weighted by atomic mass is 10.0. The van der Waals surface area contributed by atoms with Crippen molar-refractivity contribution >= 4 is 39.1 Å². The molecular formula is C35H35ClF3N3O5S. The number of ether oxygens (including phenoxy) is 1. The van der Waals surface area contributed by atoms with Crippen LogP contribution < -0.4 is 14.4 Å². The van der Waals surface area contributed by atoms with E-state index in [0.29, 0.717) is 34.7 Å². The maximum atomic E-state index is 14.5. The second-order valence-electron chi connectivity index (χ2n) is 10.9. The molecule has 4 aromatic carbocycles. The molecule has 4 rings (SSSR count). The highest BCUT2D eigenvalue weighted by Crippen LogP contribution is 2.38. The first-order chi connectivity index (χ1) is 22.8. The van der Waals surface area contributed by atoms with E-state index in [-0.39, 0.29) is 17.9 Å². The van der Waals surface area contributed by atoms with Gasteiger partial charge in [-0.15, -0.1) is 0 Å². The molecule has 254 valence electrons. The van der Waals surface area contributed by atoms with E-state index >= 15 is 0 Å². The van der Waals surface area contributed by atoms with Gasteiger partial charge in [0, 0.05) is 19.5 Å². The van der Waals surface area contributed by atoms with Crippen molar-refractivity contribution in [3.05, 3.63) is 125 Å². The van der Waals surface area contributed by atoms with Crippen molar-refractivity contribution in [1.82, 2.24) is 10.2 Å². The van der Waals surface area contributed by atoms with Gasteiger partial charge in [-0.3, -0.25) is 13.9 Å². The van der Waals surface area contributed by atoms with E-state index in [2.05, 4.69) is 5.32 Å². The van der Waals surface area contributed by atoms with E-state index in [1.165, 1.54) is 36.3 Å². The molecule has 0 fully saturated rings. The van der Waals surface area contributed by atoms with Crippen LogP contribution in [0, 0.1) is 0 Å². The molecule has 0 aromatic heterocycles. The first-order valence-corrected chi connectivity index (χ1v) is 16.9. The molecule has 0 saturated carbocycles. The third kappa shape index (κ3) is 9.07. The fourth-order valence-electron chi connectivity index (χ4n) is 5.02. The summed E-state index contributed by atoms with van der Waals surface area (Å²) in [4.78, 5) is 29.2. The number of benzene rings is 4. The Hall–Kier alpha value is -4.55. The Balaban J connectivity index is 1.86. The fraction of sp³-hybridized carbons (Fsp3) is 0.257. The molecule has 0 aliphatic carbocycles. The monoisotopic (exact) mass is 701 g/mol. The van der Waals surface area contributed by atoms with Crippen LogP contribution in [0.15, 0.2) is 108 Å². The summed E-state index contributed by atoms with van der Waals surface area (Å²) in [5.74, 6) is -0.808. The van der Waals surface area contributed by atoms with Gasteiger partial charge in [0.2, 0.25) is 11.8 Å². The normalized spacial score (nSPS) is 12.2. The number of amides is 2. The number of hydrogen-bond acceptors (Lipinski definition) is 5. The first kappa shape index (κ1) is 36.3. The third-order valence-electron chi connectivity index (χ3n) is 7.46. The van der Waals surface area contributed by atoms with Crippen LogP contribution in [0.25, 0.3) is 0 Å². The zero-order valence-electron chi connectivity index (χ0n) is 26.3. The van der Waals surface area contributed by atoms with Gasteiger partial charge in [-0.05, 0) is 60.0 Å². The van der Waals surface area contributed by atoms with Crippen LogP contribution in [-0.2, 0) is 38.8 Å². The Labute approximate surface area is 283 Å². The highest BCUT2D eigenvalue weighted by Gasteiger charge is 2.37.